The first-order valence-electron chi connectivity index (χ1n) is 9.28. The van der Waals surface area contributed by atoms with Crippen molar-refractivity contribution in [3.05, 3.63) is 11.5 Å². The number of hydrogen-bond donors (Lipinski definition) is 1. The number of nitrogens with two attached hydrogens (primary N) is 1. The number of amides is 1. The summed E-state index contributed by atoms with van der Waals surface area (Å²) in [5.74, 6) is 0.685. The van der Waals surface area contributed by atoms with Crippen LogP contribution in [0.1, 0.15) is 37.1 Å². The molecule has 154 valence electrons. The molecule has 1 saturated carbocycles. The summed E-state index contributed by atoms with van der Waals surface area (Å²) >= 11 is 0. The number of rotatable bonds is 4. The molecular weight excluding hydrogens is 392 g/mol. The molecule has 2 fully saturated rings. The predicted molar refractivity (Wildman–Crippen MR) is 103 cm³/mol. The largest absolute Gasteiger partial charge is 0.360 e. The van der Waals surface area contributed by atoms with Gasteiger partial charge in [0.2, 0.25) is 15.9 Å². The second-order valence-corrected chi connectivity index (χ2v) is 9.14. The van der Waals surface area contributed by atoms with Crippen molar-refractivity contribution in [2.75, 3.05) is 32.7 Å². The Bertz CT molecular complexity index is 747. The van der Waals surface area contributed by atoms with Gasteiger partial charge in [0, 0.05) is 32.1 Å². The van der Waals surface area contributed by atoms with E-state index in [4.69, 9.17) is 10.3 Å². The number of aromatic nitrogens is 1. The fraction of sp³-hybridized carbons (Fsp3) is 0.765. The molecular formula is C17H29ClN4O4S. The summed E-state index contributed by atoms with van der Waals surface area (Å²) in [6, 6.07) is 0. The molecule has 2 aliphatic rings. The highest BCUT2D eigenvalue weighted by atomic mass is 35.5. The molecule has 0 unspecified atom stereocenters. The Kier molecular flexibility index (Phi) is 7.29. The second-order valence-electron chi connectivity index (χ2n) is 7.27. The molecule has 0 bridgehead atoms. The third kappa shape index (κ3) is 4.31. The van der Waals surface area contributed by atoms with Crippen molar-refractivity contribution >= 4 is 28.3 Å². The van der Waals surface area contributed by atoms with Crippen molar-refractivity contribution in [1.29, 1.82) is 0 Å². The van der Waals surface area contributed by atoms with Crippen LogP contribution < -0.4 is 5.73 Å². The standard InChI is InChI=1S/C17H28N4O4S.ClH/c1-12-16(13(2)25-19-12)26(23,24)21-8-4-7-20(9-10-21)17(22)15-6-3-5-14(15)11-18;/h14-15H,3-11,18H2,1-2H3;1H/t14-,15-;/m1./s1. The molecule has 2 atom stereocenters. The third-order valence-electron chi connectivity index (χ3n) is 5.61. The minimum absolute atomic E-state index is 0. The Morgan fingerprint density at radius 2 is 1.93 bits per heavy atom. The van der Waals surface area contributed by atoms with Crippen molar-refractivity contribution in [1.82, 2.24) is 14.4 Å². The van der Waals surface area contributed by atoms with E-state index in [1.165, 1.54) is 4.31 Å². The maximum atomic E-state index is 13.0. The van der Waals surface area contributed by atoms with E-state index < -0.39 is 10.0 Å². The van der Waals surface area contributed by atoms with Crippen LogP contribution in [0.15, 0.2) is 9.42 Å². The van der Waals surface area contributed by atoms with Crippen LogP contribution in [-0.4, -0.2) is 61.4 Å². The molecule has 1 aromatic heterocycles. The predicted octanol–water partition coefficient (Wildman–Crippen LogP) is 1.31. The number of nitrogens with zero attached hydrogens (tertiary/aromatic N) is 3. The summed E-state index contributed by atoms with van der Waals surface area (Å²) in [5, 5.41) is 3.76. The number of sulfonamides is 1. The Hall–Kier alpha value is -1.16. The molecule has 8 nitrogen and oxygen atoms in total. The summed E-state index contributed by atoms with van der Waals surface area (Å²) in [6.45, 7) is 5.45. The van der Waals surface area contributed by atoms with E-state index in [1.807, 2.05) is 4.90 Å². The van der Waals surface area contributed by atoms with Crippen molar-refractivity contribution in [2.45, 2.75) is 44.4 Å². The van der Waals surface area contributed by atoms with Gasteiger partial charge >= 0.3 is 0 Å². The van der Waals surface area contributed by atoms with Crippen LogP contribution in [0, 0.1) is 25.7 Å². The van der Waals surface area contributed by atoms with E-state index in [1.54, 1.807) is 13.8 Å². The number of aryl methyl sites for hydroxylation is 2. The van der Waals surface area contributed by atoms with Crippen molar-refractivity contribution < 1.29 is 17.7 Å². The lowest BCUT2D eigenvalue weighted by Crippen LogP contribution is -2.41. The van der Waals surface area contributed by atoms with Crippen LogP contribution >= 0.6 is 12.4 Å². The first kappa shape index (κ1) is 22.1. The summed E-state index contributed by atoms with van der Waals surface area (Å²) in [5.41, 5.74) is 6.18. The molecule has 0 radical (unpaired) electrons. The Morgan fingerprint density at radius 3 is 2.56 bits per heavy atom. The van der Waals surface area contributed by atoms with Gasteiger partial charge in [-0.1, -0.05) is 11.6 Å². The van der Waals surface area contributed by atoms with Crippen LogP contribution in [-0.2, 0) is 14.8 Å². The highest BCUT2D eigenvalue weighted by molar-refractivity contribution is 7.89. The Balaban J connectivity index is 0.00000261. The van der Waals surface area contributed by atoms with Crippen LogP contribution in [0.5, 0.6) is 0 Å². The van der Waals surface area contributed by atoms with E-state index in [0.717, 1.165) is 19.3 Å². The average molecular weight is 421 g/mol. The van der Waals surface area contributed by atoms with E-state index in [2.05, 4.69) is 5.16 Å². The number of hydrogen-bond acceptors (Lipinski definition) is 6. The molecule has 3 rings (SSSR count). The van der Waals surface area contributed by atoms with Gasteiger partial charge in [-0.3, -0.25) is 4.79 Å². The number of halogens is 1. The van der Waals surface area contributed by atoms with Gasteiger partial charge in [-0.05, 0) is 45.6 Å². The van der Waals surface area contributed by atoms with Gasteiger partial charge < -0.3 is 15.2 Å². The maximum Gasteiger partial charge on any atom is 0.248 e. The van der Waals surface area contributed by atoms with Gasteiger partial charge in [0.25, 0.3) is 0 Å². The van der Waals surface area contributed by atoms with E-state index in [9.17, 15) is 13.2 Å². The van der Waals surface area contributed by atoms with Gasteiger partial charge in [-0.2, -0.15) is 4.31 Å². The molecule has 1 aliphatic carbocycles. The van der Waals surface area contributed by atoms with Gasteiger partial charge in [-0.15, -0.1) is 12.4 Å². The van der Waals surface area contributed by atoms with Crippen molar-refractivity contribution in [3.8, 4) is 0 Å². The summed E-state index contributed by atoms with van der Waals surface area (Å²) < 4.78 is 32.4. The lowest BCUT2D eigenvalue weighted by molar-refractivity contribution is -0.136. The van der Waals surface area contributed by atoms with E-state index in [0.29, 0.717) is 44.1 Å². The van der Waals surface area contributed by atoms with Gasteiger partial charge in [0.15, 0.2) is 5.76 Å². The molecule has 1 aromatic rings. The Labute approximate surface area is 166 Å². The summed E-state index contributed by atoms with van der Waals surface area (Å²) in [4.78, 5) is 14.9. The number of carbonyl (C=O) groups excluding carboxylic acids is 1. The zero-order valence-corrected chi connectivity index (χ0v) is 17.5. The highest BCUT2D eigenvalue weighted by Crippen LogP contribution is 2.33. The molecule has 2 N–H and O–H groups in total. The molecule has 1 aliphatic heterocycles. The van der Waals surface area contributed by atoms with E-state index >= 15 is 0 Å². The minimum atomic E-state index is -3.67. The average Bonchev–Trinajstić information content (AvgIpc) is 3.12. The van der Waals surface area contributed by atoms with Crippen LogP contribution in [0.25, 0.3) is 0 Å². The van der Waals surface area contributed by atoms with Crippen LogP contribution in [0.3, 0.4) is 0 Å². The summed E-state index contributed by atoms with van der Waals surface area (Å²) in [6.07, 6.45) is 3.55. The molecule has 2 heterocycles. The van der Waals surface area contributed by atoms with Gasteiger partial charge in [0.05, 0.1) is 0 Å². The fourth-order valence-electron chi connectivity index (χ4n) is 4.21. The molecule has 1 amide bonds. The zero-order valence-electron chi connectivity index (χ0n) is 15.9. The quantitative estimate of drug-likeness (QED) is 0.786. The second kappa shape index (κ2) is 8.89. The normalized spacial score (nSPS) is 24.5. The molecule has 0 spiro atoms. The Morgan fingerprint density at radius 1 is 1.19 bits per heavy atom. The van der Waals surface area contributed by atoms with Crippen LogP contribution in [0.2, 0.25) is 0 Å². The molecule has 1 saturated heterocycles. The minimum Gasteiger partial charge on any atom is -0.360 e. The van der Waals surface area contributed by atoms with Gasteiger partial charge in [-0.25, -0.2) is 8.42 Å². The van der Waals surface area contributed by atoms with Crippen molar-refractivity contribution in [2.24, 2.45) is 17.6 Å². The fourth-order valence-corrected chi connectivity index (χ4v) is 5.97. The van der Waals surface area contributed by atoms with Crippen molar-refractivity contribution in [3.63, 3.8) is 0 Å². The first-order chi connectivity index (χ1) is 12.4. The highest BCUT2D eigenvalue weighted by Gasteiger charge is 2.37. The molecule has 0 aromatic carbocycles. The summed E-state index contributed by atoms with van der Waals surface area (Å²) in [7, 11) is -3.67. The first-order valence-corrected chi connectivity index (χ1v) is 10.7. The SMILES string of the molecule is Cc1noc(C)c1S(=O)(=O)N1CCCN(C(=O)[C@@H]2CCC[C@@H]2CN)CC1.Cl. The monoisotopic (exact) mass is 420 g/mol. The maximum absolute atomic E-state index is 13.0. The lowest BCUT2D eigenvalue weighted by Gasteiger charge is -2.27. The van der Waals surface area contributed by atoms with Crippen LogP contribution in [0.4, 0.5) is 0 Å². The van der Waals surface area contributed by atoms with Gasteiger partial charge in [0.1, 0.15) is 10.6 Å². The molecule has 27 heavy (non-hydrogen) atoms. The smallest absolute Gasteiger partial charge is 0.248 e. The van der Waals surface area contributed by atoms with E-state index in [-0.39, 0.29) is 41.6 Å². The zero-order chi connectivity index (χ0) is 18.9. The topological polar surface area (TPSA) is 110 Å². The molecule has 10 heteroatoms. The lowest BCUT2D eigenvalue weighted by atomic mass is 9.94. The number of carbonyl (C=O) groups is 1. The third-order valence-corrected chi connectivity index (χ3v) is 7.76.